The summed E-state index contributed by atoms with van der Waals surface area (Å²) in [6, 6.07) is 0.272. The quantitative estimate of drug-likeness (QED) is 0.728. The molecule has 2 aromatic rings. The van der Waals surface area contributed by atoms with E-state index in [0.717, 1.165) is 30.4 Å². The fourth-order valence-electron chi connectivity index (χ4n) is 2.29. The predicted octanol–water partition coefficient (Wildman–Crippen LogP) is 0.494. The van der Waals surface area contributed by atoms with Crippen molar-refractivity contribution in [1.29, 1.82) is 0 Å². The number of hydrogen-bond donors (Lipinski definition) is 2. The SMILES string of the molecule is Nc1ncc2ncn(C3CCC(O)C3)c2n1. The largest absolute Gasteiger partial charge is 0.393 e. The van der Waals surface area contributed by atoms with Crippen molar-refractivity contribution in [2.45, 2.75) is 31.4 Å². The smallest absolute Gasteiger partial charge is 0.222 e. The molecular formula is C10H13N5O. The van der Waals surface area contributed by atoms with Crippen molar-refractivity contribution in [3.05, 3.63) is 12.5 Å². The van der Waals surface area contributed by atoms with Crippen LogP contribution in [0.25, 0.3) is 11.2 Å². The lowest BCUT2D eigenvalue weighted by Crippen LogP contribution is -2.07. The van der Waals surface area contributed by atoms with E-state index in [4.69, 9.17) is 5.73 Å². The summed E-state index contributed by atoms with van der Waals surface area (Å²) in [7, 11) is 0. The number of anilines is 1. The van der Waals surface area contributed by atoms with E-state index >= 15 is 0 Å². The molecule has 84 valence electrons. The summed E-state index contributed by atoms with van der Waals surface area (Å²) < 4.78 is 1.99. The second-order valence-electron chi connectivity index (χ2n) is 4.21. The molecular weight excluding hydrogens is 206 g/mol. The summed E-state index contributed by atoms with van der Waals surface area (Å²) in [5.41, 5.74) is 7.07. The van der Waals surface area contributed by atoms with Crippen LogP contribution >= 0.6 is 0 Å². The average Bonchev–Trinajstić information content (AvgIpc) is 2.83. The van der Waals surface area contributed by atoms with E-state index in [1.165, 1.54) is 0 Å². The molecule has 1 fully saturated rings. The Kier molecular flexibility index (Phi) is 2.03. The van der Waals surface area contributed by atoms with Crippen molar-refractivity contribution in [3.8, 4) is 0 Å². The van der Waals surface area contributed by atoms with Gasteiger partial charge in [0.15, 0.2) is 5.65 Å². The molecule has 2 atom stereocenters. The van der Waals surface area contributed by atoms with Crippen molar-refractivity contribution in [2.24, 2.45) is 0 Å². The molecule has 2 heterocycles. The minimum Gasteiger partial charge on any atom is -0.393 e. The van der Waals surface area contributed by atoms with Crippen LogP contribution in [0.4, 0.5) is 5.95 Å². The molecule has 0 aliphatic heterocycles. The van der Waals surface area contributed by atoms with Crippen LogP contribution in [0.15, 0.2) is 12.5 Å². The minimum absolute atomic E-state index is 0.207. The number of nitrogens with zero attached hydrogens (tertiary/aromatic N) is 4. The Morgan fingerprint density at radius 1 is 1.38 bits per heavy atom. The summed E-state index contributed by atoms with van der Waals surface area (Å²) in [5.74, 6) is 0.257. The van der Waals surface area contributed by atoms with Gasteiger partial charge in [-0.15, -0.1) is 0 Å². The summed E-state index contributed by atoms with van der Waals surface area (Å²) in [6.45, 7) is 0. The lowest BCUT2D eigenvalue weighted by Gasteiger charge is -2.11. The number of aliphatic hydroxyl groups excluding tert-OH is 1. The van der Waals surface area contributed by atoms with Crippen LogP contribution in [0.3, 0.4) is 0 Å². The van der Waals surface area contributed by atoms with Crippen molar-refractivity contribution in [3.63, 3.8) is 0 Å². The Morgan fingerprint density at radius 2 is 2.25 bits per heavy atom. The van der Waals surface area contributed by atoms with E-state index in [1.54, 1.807) is 12.5 Å². The van der Waals surface area contributed by atoms with Gasteiger partial charge < -0.3 is 15.4 Å². The van der Waals surface area contributed by atoms with Crippen molar-refractivity contribution < 1.29 is 5.11 Å². The third-order valence-corrected chi connectivity index (χ3v) is 3.11. The van der Waals surface area contributed by atoms with Crippen LogP contribution in [-0.4, -0.2) is 30.7 Å². The fourth-order valence-corrected chi connectivity index (χ4v) is 2.29. The van der Waals surface area contributed by atoms with Gasteiger partial charge in [0.1, 0.15) is 5.52 Å². The second kappa shape index (κ2) is 3.41. The second-order valence-corrected chi connectivity index (χ2v) is 4.21. The molecule has 0 amide bonds. The molecule has 3 N–H and O–H groups in total. The Balaban J connectivity index is 2.06. The summed E-state index contributed by atoms with van der Waals surface area (Å²) in [5, 5.41) is 9.53. The van der Waals surface area contributed by atoms with Gasteiger partial charge in [-0.2, -0.15) is 4.98 Å². The van der Waals surface area contributed by atoms with E-state index in [1.807, 2.05) is 4.57 Å². The Hall–Kier alpha value is -1.69. The highest BCUT2D eigenvalue weighted by Gasteiger charge is 2.25. The molecule has 16 heavy (non-hydrogen) atoms. The zero-order chi connectivity index (χ0) is 11.1. The number of nitrogens with two attached hydrogens (primary N) is 1. The minimum atomic E-state index is -0.207. The summed E-state index contributed by atoms with van der Waals surface area (Å²) >= 11 is 0. The first-order valence-electron chi connectivity index (χ1n) is 5.37. The molecule has 0 spiro atoms. The molecule has 3 rings (SSSR count). The number of nitrogen functional groups attached to an aromatic ring is 1. The zero-order valence-corrected chi connectivity index (χ0v) is 8.74. The first-order valence-corrected chi connectivity index (χ1v) is 5.37. The van der Waals surface area contributed by atoms with Crippen LogP contribution in [0, 0.1) is 0 Å². The van der Waals surface area contributed by atoms with Gasteiger partial charge in [-0.3, -0.25) is 0 Å². The average molecular weight is 219 g/mol. The monoisotopic (exact) mass is 219 g/mol. The molecule has 6 heteroatoms. The molecule has 6 nitrogen and oxygen atoms in total. The molecule has 2 unspecified atom stereocenters. The number of imidazole rings is 1. The highest BCUT2D eigenvalue weighted by molar-refractivity contribution is 5.70. The van der Waals surface area contributed by atoms with Crippen molar-refractivity contribution >= 4 is 17.1 Å². The number of rotatable bonds is 1. The van der Waals surface area contributed by atoms with E-state index < -0.39 is 0 Å². The molecule has 1 aliphatic carbocycles. The predicted molar refractivity (Wildman–Crippen MR) is 58.6 cm³/mol. The lowest BCUT2D eigenvalue weighted by molar-refractivity contribution is 0.178. The number of fused-ring (bicyclic) bond motifs is 1. The maximum Gasteiger partial charge on any atom is 0.222 e. The molecule has 0 aromatic carbocycles. The third kappa shape index (κ3) is 1.42. The van der Waals surface area contributed by atoms with Gasteiger partial charge in [0.25, 0.3) is 0 Å². The van der Waals surface area contributed by atoms with Gasteiger partial charge in [0.05, 0.1) is 18.6 Å². The highest BCUT2D eigenvalue weighted by atomic mass is 16.3. The van der Waals surface area contributed by atoms with Crippen LogP contribution < -0.4 is 5.73 Å². The first-order chi connectivity index (χ1) is 7.74. The molecule has 1 aliphatic rings. The maximum absolute atomic E-state index is 9.53. The molecule has 0 bridgehead atoms. The van der Waals surface area contributed by atoms with Crippen LogP contribution in [0.1, 0.15) is 25.3 Å². The fraction of sp³-hybridized carbons (Fsp3) is 0.500. The number of hydrogen-bond acceptors (Lipinski definition) is 5. The van der Waals surface area contributed by atoms with Gasteiger partial charge in [-0.25, -0.2) is 9.97 Å². The van der Waals surface area contributed by atoms with Gasteiger partial charge in [0.2, 0.25) is 5.95 Å². The summed E-state index contributed by atoms with van der Waals surface area (Å²) in [4.78, 5) is 12.3. The topological polar surface area (TPSA) is 89.8 Å². The third-order valence-electron chi connectivity index (χ3n) is 3.11. The van der Waals surface area contributed by atoms with E-state index in [2.05, 4.69) is 15.0 Å². The van der Waals surface area contributed by atoms with Gasteiger partial charge in [-0.05, 0) is 19.3 Å². The molecule has 0 saturated heterocycles. The standard InChI is InChI=1S/C10H13N5O/c11-10-12-4-8-9(14-10)15(5-13-8)6-1-2-7(16)3-6/h4-7,16H,1-3H2,(H2,11,12,14). The number of aliphatic hydroxyl groups is 1. The zero-order valence-electron chi connectivity index (χ0n) is 8.74. The van der Waals surface area contributed by atoms with Crippen molar-refractivity contribution in [2.75, 3.05) is 5.73 Å². The van der Waals surface area contributed by atoms with E-state index in [9.17, 15) is 5.11 Å². The van der Waals surface area contributed by atoms with Gasteiger partial charge >= 0.3 is 0 Å². The molecule has 1 saturated carbocycles. The summed E-state index contributed by atoms with van der Waals surface area (Å²) in [6.07, 6.45) is 5.72. The first kappa shape index (κ1) is 9.53. The van der Waals surface area contributed by atoms with Crippen molar-refractivity contribution in [1.82, 2.24) is 19.5 Å². The Bertz CT molecular complexity index is 523. The molecule has 0 radical (unpaired) electrons. The van der Waals surface area contributed by atoms with Crippen LogP contribution in [0.5, 0.6) is 0 Å². The van der Waals surface area contributed by atoms with Gasteiger partial charge in [-0.1, -0.05) is 0 Å². The van der Waals surface area contributed by atoms with E-state index in [0.29, 0.717) is 0 Å². The normalized spacial score (nSPS) is 25.3. The maximum atomic E-state index is 9.53. The van der Waals surface area contributed by atoms with Crippen LogP contribution in [0.2, 0.25) is 0 Å². The molecule has 2 aromatic heterocycles. The highest BCUT2D eigenvalue weighted by Crippen LogP contribution is 2.31. The Morgan fingerprint density at radius 3 is 3.00 bits per heavy atom. The number of aromatic nitrogens is 4. The van der Waals surface area contributed by atoms with Gasteiger partial charge in [0, 0.05) is 6.04 Å². The lowest BCUT2D eigenvalue weighted by atomic mass is 10.2. The van der Waals surface area contributed by atoms with Crippen LogP contribution in [-0.2, 0) is 0 Å². The Labute approximate surface area is 92.1 Å². The van der Waals surface area contributed by atoms with E-state index in [-0.39, 0.29) is 18.1 Å².